The van der Waals surface area contributed by atoms with Crippen LogP contribution >= 0.6 is 31.9 Å². The van der Waals surface area contributed by atoms with E-state index in [1.807, 2.05) is 48.5 Å². The summed E-state index contributed by atoms with van der Waals surface area (Å²) in [5.41, 5.74) is 4.07. The number of hydrogen-bond acceptors (Lipinski definition) is 3. The summed E-state index contributed by atoms with van der Waals surface area (Å²) >= 11 is 6.71. The SMILES string of the molecule is O=C(CCCC(=O)Nc1ccc(Br)cc1)N/N=C/c1cccc(Br)c1. The Hall–Kier alpha value is -1.99. The first-order valence-corrected chi connectivity index (χ1v) is 9.24. The van der Waals surface area contributed by atoms with Gasteiger partial charge in [0, 0.05) is 27.5 Å². The van der Waals surface area contributed by atoms with Crippen LogP contribution in [0.4, 0.5) is 5.69 Å². The van der Waals surface area contributed by atoms with Crippen LogP contribution in [0.1, 0.15) is 24.8 Å². The van der Waals surface area contributed by atoms with E-state index in [4.69, 9.17) is 0 Å². The lowest BCUT2D eigenvalue weighted by Gasteiger charge is -2.05. The van der Waals surface area contributed by atoms with Gasteiger partial charge in [-0.15, -0.1) is 0 Å². The van der Waals surface area contributed by atoms with Gasteiger partial charge in [-0.3, -0.25) is 9.59 Å². The summed E-state index contributed by atoms with van der Waals surface area (Å²) in [6.07, 6.45) is 2.55. The standard InChI is InChI=1S/C18H17Br2N3O2/c19-14-7-9-16(10-8-14)22-17(24)5-2-6-18(25)23-21-12-13-3-1-4-15(20)11-13/h1,3-4,7-12H,2,5-6H2,(H,22,24)(H,23,25)/b21-12+. The molecule has 5 nitrogen and oxygen atoms in total. The predicted molar refractivity (Wildman–Crippen MR) is 107 cm³/mol. The van der Waals surface area contributed by atoms with Gasteiger partial charge in [-0.05, 0) is 48.4 Å². The molecule has 7 heteroatoms. The van der Waals surface area contributed by atoms with Crippen LogP contribution < -0.4 is 10.7 Å². The van der Waals surface area contributed by atoms with Gasteiger partial charge in [0.2, 0.25) is 11.8 Å². The van der Waals surface area contributed by atoms with Crippen LogP contribution in [0.3, 0.4) is 0 Å². The lowest BCUT2D eigenvalue weighted by Crippen LogP contribution is -2.18. The maximum atomic E-state index is 11.8. The molecule has 0 saturated heterocycles. The minimum absolute atomic E-state index is 0.118. The Morgan fingerprint density at radius 2 is 1.68 bits per heavy atom. The lowest BCUT2D eigenvalue weighted by atomic mass is 10.2. The molecule has 0 spiro atoms. The molecule has 0 aliphatic carbocycles. The van der Waals surface area contributed by atoms with Crippen LogP contribution in [0.2, 0.25) is 0 Å². The van der Waals surface area contributed by atoms with Gasteiger partial charge >= 0.3 is 0 Å². The number of halogens is 2. The molecule has 0 bridgehead atoms. The molecule has 0 fully saturated rings. The highest BCUT2D eigenvalue weighted by Crippen LogP contribution is 2.14. The van der Waals surface area contributed by atoms with Crippen LogP contribution in [0.25, 0.3) is 0 Å². The maximum Gasteiger partial charge on any atom is 0.240 e. The number of benzene rings is 2. The molecule has 25 heavy (non-hydrogen) atoms. The number of nitrogens with zero attached hydrogens (tertiary/aromatic N) is 1. The van der Waals surface area contributed by atoms with Crippen LogP contribution in [-0.2, 0) is 9.59 Å². The van der Waals surface area contributed by atoms with Gasteiger partial charge in [-0.2, -0.15) is 5.10 Å². The van der Waals surface area contributed by atoms with Gasteiger partial charge in [-0.25, -0.2) is 5.43 Å². The highest BCUT2D eigenvalue weighted by Gasteiger charge is 2.05. The average Bonchev–Trinajstić information content (AvgIpc) is 2.57. The molecule has 0 aromatic heterocycles. The molecule has 0 atom stereocenters. The van der Waals surface area contributed by atoms with Gasteiger partial charge in [0.25, 0.3) is 0 Å². The fraction of sp³-hybridized carbons (Fsp3) is 0.167. The van der Waals surface area contributed by atoms with Crippen molar-refractivity contribution in [3.63, 3.8) is 0 Å². The second-order valence-electron chi connectivity index (χ2n) is 5.26. The summed E-state index contributed by atoms with van der Waals surface area (Å²) in [5, 5.41) is 6.69. The van der Waals surface area contributed by atoms with Gasteiger partial charge in [0.05, 0.1) is 6.21 Å². The number of hydrogen-bond donors (Lipinski definition) is 2. The van der Waals surface area contributed by atoms with E-state index in [2.05, 4.69) is 47.7 Å². The van der Waals surface area contributed by atoms with Crippen LogP contribution in [0.15, 0.2) is 62.6 Å². The Morgan fingerprint density at radius 3 is 2.40 bits per heavy atom. The average molecular weight is 467 g/mol. The van der Waals surface area contributed by atoms with Gasteiger partial charge in [-0.1, -0.05) is 44.0 Å². The van der Waals surface area contributed by atoms with Gasteiger partial charge in [0.15, 0.2) is 0 Å². The van der Waals surface area contributed by atoms with Crippen molar-refractivity contribution in [3.05, 3.63) is 63.0 Å². The zero-order valence-corrected chi connectivity index (χ0v) is 16.5. The molecule has 0 aliphatic rings. The molecule has 2 aromatic carbocycles. The number of rotatable bonds is 7. The van der Waals surface area contributed by atoms with E-state index in [9.17, 15) is 9.59 Å². The lowest BCUT2D eigenvalue weighted by molar-refractivity contribution is -0.121. The summed E-state index contributed by atoms with van der Waals surface area (Å²) in [5.74, 6) is -0.338. The molecule has 2 amide bonds. The molecule has 0 radical (unpaired) electrons. The third-order valence-electron chi connectivity index (χ3n) is 3.19. The number of hydrazone groups is 1. The van der Waals surface area contributed by atoms with Gasteiger partial charge in [0.1, 0.15) is 0 Å². The fourth-order valence-corrected chi connectivity index (χ4v) is 2.67. The second kappa shape index (κ2) is 10.1. The Balaban J connectivity index is 1.66. The van der Waals surface area contributed by atoms with E-state index in [0.717, 1.165) is 20.2 Å². The summed E-state index contributed by atoms with van der Waals surface area (Å²) < 4.78 is 1.89. The Labute approximate surface area is 163 Å². The molecular formula is C18H17Br2N3O2. The van der Waals surface area contributed by atoms with Crippen molar-refractivity contribution in [1.29, 1.82) is 0 Å². The first-order valence-electron chi connectivity index (χ1n) is 7.66. The van der Waals surface area contributed by atoms with Crippen LogP contribution in [0.5, 0.6) is 0 Å². The van der Waals surface area contributed by atoms with E-state index in [0.29, 0.717) is 6.42 Å². The summed E-state index contributed by atoms with van der Waals surface area (Å²) in [6, 6.07) is 14.9. The van der Waals surface area contributed by atoms with Crippen molar-refractivity contribution in [3.8, 4) is 0 Å². The second-order valence-corrected chi connectivity index (χ2v) is 7.09. The molecule has 2 aromatic rings. The maximum absolute atomic E-state index is 11.8. The number of nitrogens with one attached hydrogen (secondary N) is 2. The summed E-state index contributed by atoms with van der Waals surface area (Å²) in [7, 11) is 0. The van der Waals surface area contributed by atoms with Crippen molar-refractivity contribution in [2.45, 2.75) is 19.3 Å². The Kier molecular flexibility index (Phi) is 7.81. The number of carbonyl (C=O) groups excluding carboxylic acids is 2. The van der Waals surface area contributed by atoms with Crippen molar-refractivity contribution >= 4 is 55.6 Å². The van der Waals surface area contributed by atoms with E-state index in [1.165, 1.54) is 0 Å². The van der Waals surface area contributed by atoms with E-state index < -0.39 is 0 Å². The molecule has 0 unspecified atom stereocenters. The minimum atomic E-state index is -0.220. The summed E-state index contributed by atoms with van der Waals surface area (Å²) in [6.45, 7) is 0. The predicted octanol–water partition coefficient (Wildman–Crippen LogP) is 4.47. The fourth-order valence-electron chi connectivity index (χ4n) is 1.99. The molecule has 2 N–H and O–H groups in total. The molecule has 0 aliphatic heterocycles. The van der Waals surface area contributed by atoms with Crippen molar-refractivity contribution < 1.29 is 9.59 Å². The molecule has 2 rings (SSSR count). The Morgan fingerprint density at radius 1 is 0.960 bits per heavy atom. The zero-order chi connectivity index (χ0) is 18.1. The zero-order valence-electron chi connectivity index (χ0n) is 13.3. The normalized spacial score (nSPS) is 10.6. The van der Waals surface area contributed by atoms with Crippen molar-refractivity contribution in [2.24, 2.45) is 5.10 Å². The molecule has 0 heterocycles. The highest BCUT2D eigenvalue weighted by atomic mass is 79.9. The van der Waals surface area contributed by atoms with Crippen LogP contribution in [-0.4, -0.2) is 18.0 Å². The van der Waals surface area contributed by atoms with Crippen molar-refractivity contribution in [1.82, 2.24) is 5.43 Å². The largest absolute Gasteiger partial charge is 0.326 e. The quantitative estimate of drug-likeness (QED) is 0.466. The number of carbonyl (C=O) groups is 2. The van der Waals surface area contributed by atoms with Gasteiger partial charge < -0.3 is 5.32 Å². The smallest absolute Gasteiger partial charge is 0.240 e. The number of anilines is 1. The third kappa shape index (κ3) is 7.62. The third-order valence-corrected chi connectivity index (χ3v) is 4.21. The van der Waals surface area contributed by atoms with E-state index in [-0.39, 0.29) is 24.7 Å². The molecule has 0 saturated carbocycles. The van der Waals surface area contributed by atoms with E-state index >= 15 is 0 Å². The molecular weight excluding hydrogens is 450 g/mol. The highest BCUT2D eigenvalue weighted by molar-refractivity contribution is 9.10. The van der Waals surface area contributed by atoms with Crippen molar-refractivity contribution in [2.75, 3.05) is 5.32 Å². The Bertz CT molecular complexity index is 761. The van der Waals surface area contributed by atoms with E-state index in [1.54, 1.807) is 6.21 Å². The van der Waals surface area contributed by atoms with Crippen LogP contribution in [0, 0.1) is 0 Å². The number of amides is 2. The molecule has 130 valence electrons. The minimum Gasteiger partial charge on any atom is -0.326 e. The first-order chi connectivity index (χ1) is 12.0. The summed E-state index contributed by atoms with van der Waals surface area (Å²) in [4.78, 5) is 23.5. The first kappa shape index (κ1) is 19.3. The topological polar surface area (TPSA) is 70.6 Å². The monoisotopic (exact) mass is 465 g/mol.